The molecule has 0 saturated carbocycles. The fourth-order valence-electron chi connectivity index (χ4n) is 1.83. The zero-order valence-electron chi connectivity index (χ0n) is 12.1. The third-order valence-corrected chi connectivity index (χ3v) is 5.20. The minimum absolute atomic E-state index is 0.136. The van der Waals surface area contributed by atoms with Crippen molar-refractivity contribution in [2.24, 2.45) is 0 Å². The molecule has 0 radical (unpaired) electrons. The number of hydrogen-bond acceptors (Lipinski definition) is 5. The predicted octanol–water partition coefficient (Wildman–Crippen LogP) is 2.33. The lowest BCUT2D eigenvalue weighted by atomic mass is 10.1. The Balaban J connectivity index is 2.00. The highest BCUT2D eigenvalue weighted by Crippen LogP contribution is 2.13. The number of thiophene rings is 1. The van der Waals surface area contributed by atoms with E-state index in [0.717, 1.165) is 10.4 Å². The van der Waals surface area contributed by atoms with Crippen LogP contribution in [0.5, 0.6) is 0 Å². The van der Waals surface area contributed by atoms with E-state index < -0.39 is 10.0 Å². The summed E-state index contributed by atoms with van der Waals surface area (Å²) in [6.45, 7) is 2.34. The van der Waals surface area contributed by atoms with E-state index in [-0.39, 0.29) is 23.8 Å². The molecule has 7 heteroatoms. The molecule has 0 unspecified atom stereocenters. The van der Waals surface area contributed by atoms with E-state index in [9.17, 15) is 13.2 Å². The van der Waals surface area contributed by atoms with Gasteiger partial charge in [-0.3, -0.25) is 4.79 Å². The first kappa shape index (κ1) is 16.7. The number of rotatable bonds is 7. The van der Waals surface area contributed by atoms with Gasteiger partial charge in [0, 0.05) is 11.4 Å². The maximum Gasteiger partial charge on any atom is 0.310 e. The Labute approximate surface area is 134 Å². The molecular formula is C15H17NO4S2. The number of sulfonamides is 1. The van der Waals surface area contributed by atoms with Crippen LogP contribution in [0.3, 0.4) is 0 Å². The topological polar surface area (TPSA) is 72.5 Å². The summed E-state index contributed by atoms with van der Waals surface area (Å²) in [6, 6.07) is 9.97. The van der Waals surface area contributed by atoms with Gasteiger partial charge < -0.3 is 4.74 Å². The summed E-state index contributed by atoms with van der Waals surface area (Å²) >= 11 is 1.49. The maximum absolute atomic E-state index is 12.2. The lowest BCUT2D eigenvalue weighted by Gasteiger charge is -2.07. The molecule has 0 aliphatic rings. The van der Waals surface area contributed by atoms with Crippen LogP contribution in [-0.2, 0) is 32.5 Å². The smallest absolute Gasteiger partial charge is 0.310 e. The van der Waals surface area contributed by atoms with Crippen LogP contribution in [0.25, 0.3) is 0 Å². The van der Waals surface area contributed by atoms with E-state index in [0.29, 0.717) is 6.61 Å². The van der Waals surface area contributed by atoms with Crippen molar-refractivity contribution >= 4 is 27.3 Å². The molecule has 0 bridgehead atoms. The second kappa shape index (κ2) is 7.53. The van der Waals surface area contributed by atoms with Crippen molar-refractivity contribution in [1.82, 2.24) is 4.72 Å². The molecule has 5 nitrogen and oxygen atoms in total. The summed E-state index contributed by atoms with van der Waals surface area (Å²) in [5.74, 6) is -0.325. The Morgan fingerprint density at radius 1 is 1.23 bits per heavy atom. The van der Waals surface area contributed by atoms with Gasteiger partial charge in [-0.2, -0.15) is 0 Å². The molecule has 118 valence electrons. The summed E-state index contributed by atoms with van der Waals surface area (Å²) in [4.78, 5) is 12.5. The van der Waals surface area contributed by atoms with Gasteiger partial charge in [0.1, 0.15) is 0 Å². The molecular weight excluding hydrogens is 322 g/mol. The van der Waals surface area contributed by atoms with Crippen molar-refractivity contribution < 1.29 is 17.9 Å². The number of ether oxygens (including phenoxy) is 1. The average Bonchev–Trinajstić information content (AvgIpc) is 2.99. The van der Waals surface area contributed by atoms with Crippen molar-refractivity contribution in [1.29, 1.82) is 0 Å². The minimum Gasteiger partial charge on any atom is -0.466 e. The Morgan fingerprint density at radius 3 is 2.55 bits per heavy atom. The van der Waals surface area contributed by atoms with E-state index in [1.54, 1.807) is 19.1 Å². The quantitative estimate of drug-likeness (QED) is 0.786. The molecule has 1 aromatic carbocycles. The van der Waals surface area contributed by atoms with Crippen molar-refractivity contribution in [2.75, 3.05) is 6.61 Å². The van der Waals surface area contributed by atoms with Crippen LogP contribution in [0.2, 0.25) is 0 Å². The van der Waals surface area contributed by atoms with Crippen LogP contribution in [0.4, 0.5) is 0 Å². The monoisotopic (exact) mass is 339 g/mol. The first-order chi connectivity index (χ1) is 10.5. The molecule has 1 aromatic heterocycles. The van der Waals surface area contributed by atoms with Gasteiger partial charge in [0.05, 0.1) is 17.9 Å². The second-order valence-electron chi connectivity index (χ2n) is 4.53. The Hall–Kier alpha value is -1.70. The minimum atomic E-state index is -3.55. The normalized spacial score (nSPS) is 11.3. The van der Waals surface area contributed by atoms with E-state index >= 15 is 0 Å². The summed E-state index contributed by atoms with van der Waals surface area (Å²) in [5.41, 5.74) is 0.718. The van der Waals surface area contributed by atoms with Crippen LogP contribution in [0.1, 0.15) is 17.4 Å². The lowest BCUT2D eigenvalue weighted by molar-refractivity contribution is -0.142. The van der Waals surface area contributed by atoms with Gasteiger partial charge >= 0.3 is 5.97 Å². The fourth-order valence-corrected chi connectivity index (χ4v) is 3.57. The summed E-state index contributed by atoms with van der Waals surface area (Å²) in [6.07, 6.45) is 0.136. The highest BCUT2D eigenvalue weighted by atomic mass is 32.2. The molecule has 2 aromatic rings. The van der Waals surface area contributed by atoms with Gasteiger partial charge in [-0.05, 0) is 36.1 Å². The predicted molar refractivity (Wildman–Crippen MR) is 85.1 cm³/mol. The second-order valence-corrected chi connectivity index (χ2v) is 7.33. The highest BCUT2D eigenvalue weighted by Gasteiger charge is 2.14. The van der Waals surface area contributed by atoms with Crippen molar-refractivity contribution in [3.63, 3.8) is 0 Å². The summed E-state index contributed by atoms with van der Waals surface area (Å²) < 4.78 is 31.7. The summed E-state index contributed by atoms with van der Waals surface area (Å²) in [7, 11) is -3.55. The highest BCUT2D eigenvalue weighted by molar-refractivity contribution is 7.89. The summed E-state index contributed by atoms with van der Waals surface area (Å²) in [5, 5.41) is 1.90. The largest absolute Gasteiger partial charge is 0.466 e. The van der Waals surface area contributed by atoms with Gasteiger partial charge in [-0.25, -0.2) is 13.1 Å². The molecule has 22 heavy (non-hydrogen) atoms. The van der Waals surface area contributed by atoms with Gasteiger partial charge in [-0.15, -0.1) is 11.3 Å². The fraction of sp³-hybridized carbons (Fsp3) is 0.267. The van der Waals surface area contributed by atoms with E-state index in [2.05, 4.69) is 4.72 Å². The van der Waals surface area contributed by atoms with E-state index in [1.807, 2.05) is 17.5 Å². The average molecular weight is 339 g/mol. The first-order valence-corrected chi connectivity index (χ1v) is 9.14. The van der Waals surface area contributed by atoms with Crippen molar-refractivity contribution in [2.45, 2.75) is 24.8 Å². The first-order valence-electron chi connectivity index (χ1n) is 6.78. The zero-order valence-corrected chi connectivity index (χ0v) is 13.7. The van der Waals surface area contributed by atoms with Crippen LogP contribution in [0.15, 0.2) is 46.7 Å². The Bertz CT molecular complexity index is 707. The molecule has 0 aliphatic heterocycles. The van der Waals surface area contributed by atoms with Gasteiger partial charge in [0.15, 0.2) is 0 Å². The third kappa shape index (κ3) is 4.66. The van der Waals surface area contributed by atoms with Gasteiger partial charge in [-0.1, -0.05) is 18.2 Å². The Kier molecular flexibility index (Phi) is 5.70. The molecule has 0 atom stereocenters. The molecule has 0 saturated heterocycles. The van der Waals surface area contributed by atoms with Crippen molar-refractivity contribution in [3.05, 3.63) is 52.2 Å². The van der Waals surface area contributed by atoms with Crippen molar-refractivity contribution in [3.8, 4) is 0 Å². The number of benzene rings is 1. The van der Waals surface area contributed by atoms with Crippen LogP contribution < -0.4 is 4.72 Å². The number of hydrogen-bond donors (Lipinski definition) is 1. The maximum atomic E-state index is 12.2. The van der Waals surface area contributed by atoms with Crippen LogP contribution >= 0.6 is 11.3 Å². The number of esters is 1. The SMILES string of the molecule is CCOC(=O)Cc1ccc(S(=O)(=O)NCc2cccs2)cc1. The van der Waals surface area contributed by atoms with Gasteiger partial charge in [0.2, 0.25) is 10.0 Å². The third-order valence-electron chi connectivity index (χ3n) is 2.90. The molecule has 0 fully saturated rings. The Morgan fingerprint density at radius 2 is 1.95 bits per heavy atom. The molecule has 2 rings (SSSR count). The molecule has 1 heterocycles. The molecule has 0 aliphatic carbocycles. The standard InChI is InChI=1S/C15H17NO4S2/c1-2-20-15(17)10-12-5-7-14(8-6-12)22(18,19)16-11-13-4-3-9-21-13/h3-9,16H,2,10-11H2,1H3. The van der Waals surface area contributed by atoms with Crippen LogP contribution in [0, 0.1) is 0 Å². The molecule has 0 amide bonds. The number of nitrogens with one attached hydrogen (secondary N) is 1. The van der Waals surface area contributed by atoms with E-state index in [4.69, 9.17) is 4.74 Å². The van der Waals surface area contributed by atoms with Gasteiger partial charge in [0.25, 0.3) is 0 Å². The molecule has 1 N–H and O–H groups in total. The lowest BCUT2D eigenvalue weighted by Crippen LogP contribution is -2.22. The number of carbonyl (C=O) groups excluding carboxylic acids is 1. The number of carbonyl (C=O) groups is 1. The zero-order chi connectivity index (χ0) is 16.0. The van der Waals surface area contributed by atoms with Crippen LogP contribution in [-0.4, -0.2) is 21.0 Å². The van der Waals surface area contributed by atoms with E-state index in [1.165, 1.54) is 23.5 Å². The molecule has 0 spiro atoms.